The molecule has 2 aromatic carbocycles. The molecule has 1 N–H and O–H groups in total. The lowest BCUT2D eigenvalue weighted by molar-refractivity contribution is -0.143. The van der Waals surface area contributed by atoms with Gasteiger partial charge in [-0.25, -0.2) is 0 Å². The molecule has 3 rings (SSSR count). The summed E-state index contributed by atoms with van der Waals surface area (Å²) in [6, 6.07) is 7.35. The van der Waals surface area contributed by atoms with Gasteiger partial charge in [0.25, 0.3) is 0 Å². The van der Waals surface area contributed by atoms with E-state index < -0.39 is 29.7 Å². The number of piperidine rings is 1. The third kappa shape index (κ3) is 5.45. The Morgan fingerprint density at radius 1 is 1.23 bits per heavy atom. The lowest BCUT2D eigenvalue weighted by Gasteiger charge is -2.38. The molecule has 1 heterocycles. The minimum atomic E-state index is -4.55. The van der Waals surface area contributed by atoms with Crippen molar-refractivity contribution in [2.75, 3.05) is 19.7 Å². The van der Waals surface area contributed by atoms with Crippen LogP contribution < -0.4 is 4.74 Å². The average Bonchev–Trinajstić information content (AvgIpc) is 2.71. The van der Waals surface area contributed by atoms with Gasteiger partial charge in [0.15, 0.2) is 0 Å². The Bertz CT molecular complexity index is 952. The second-order valence-electron chi connectivity index (χ2n) is 7.42. The molecule has 1 aliphatic rings. The minimum absolute atomic E-state index is 0.151. The highest BCUT2D eigenvalue weighted by Gasteiger charge is 2.36. The van der Waals surface area contributed by atoms with Crippen LogP contribution in [0.15, 0.2) is 36.4 Å². The number of ether oxygens (including phenoxy) is 1. The molecule has 2 aromatic rings. The van der Waals surface area contributed by atoms with Crippen molar-refractivity contribution >= 4 is 29.2 Å². The van der Waals surface area contributed by atoms with Crippen LogP contribution in [0.5, 0.6) is 5.75 Å². The quantitative estimate of drug-likeness (QED) is 0.532. The Morgan fingerprint density at radius 3 is 2.61 bits per heavy atom. The van der Waals surface area contributed by atoms with E-state index in [1.165, 1.54) is 6.07 Å². The average molecular weight is 476 g/mol. The van der Waals surface area contributed by atoms with E-state index in [0.717, 1.165) is 12.1 Å². The van der Waals surface area contributed by atoms with Crippen molar-refractivity contribution in [3.05, 3.63) is 63.1 Å². The summed E-state index contributed by atoms with van der Waals surface area (Å²) in [7, 11) is 0. The molecule has 0 spiro atoms. The number of halogens is 5. The van der Waals surface area contributed by atoms with E-state index in [0.29, 0.717) is 42.3 Å². The first kappa shape index (κ1) is 23.7. The second kappa shape index (κ2) is 9.67. The first-order valence-corrected chi connectivity index (χ1v) is 10.6. The monoisotopic (exact) mass is 475 g/mol. The summed E-state index contributed by atoms with van der Waals surface area (Å²) in [5.74, 6) is -1.10. The predicted molar refractivity (Wildman–Crippen MR) is 113 cm³/mol. The van der Waals surface area contributed by atoms with Crippen LogP contribution in [0.25, 0.3) is 0 Å². The standard InChI is InChI=1S/C22H22Cl2F3NO3/c1-2-31-19-8-6-15(23)11-17(19)20(28-9-3-4-13(12-28)21(29)30)16-10-14(22(25,26)27)5-7-18(16)24/h5-8,10-11,13,20H,2-4,9,12H2,1H3,(H,29,30). The van der Waals surface area contributed by atoms with Gasteiger partial charge in [-0.15, -0.1) is 0 Å². The molecular formula is C22H22Cl2F3NO3. The number of carboxylic acid groups (broad SMARTS) is 1. The Kier molecular flexibility index (Phi) is 7.39. The number of nitrogens with zero attached hydrogens (tertiary/aromatic N) is 1. The van der Waals surface area contributed by atoms with E-state index in [4.69, 9.17) is 27.9 Å². The fourth-order valence-corrected chi connectivity index (χ4v) is 4.35. The maximum Gasteiger partial charge on any atom is 0.416 e. The summed E-state index contributed by atoms with van der Waals surface area (Å²) in [6.07, 6.45) is -3.45. The zero-order valence-electron chi connectivity index (χ0n) is 16.8. The molecule has 0 saturated carbocycles. The van der Waals surface area contributed by atoms with E-state index in [-0.39, 0.29) is 17.1 Å². The SMILES string of the molecule is CCOc1ccc(Cl)cc1C(c1cc(C(F)(F)F)ccc1Cl)N1CCCC(C(=O)O)C1. The van der Waals surface area contributed by atoms with Gasteiger partial charge in [0.05, 0.1) is 24.1 Å². The molecule has 0 aromatic heterocycles. The van der Waals surface area contributed by atoms with Crippen molar-refractivity contribution in [3.8, 4) is 5.75 Å². The number of carbonyl (C=O) groups is 1. The van der Waals surface area contributed by atoms with Crippen molar-refractivity contribution in [3.63, 3.8) is 0 Å². The molecule has 0 amide bonds. The van der Waals surface area contributed by atoms with Gasteiger partial charge in [0.1, 0.15) is 5.75 Å². The van der Waals surface area contributed by atoms with E-state index in [1.807, 2.05) is 4.90 Å². The van der Waals surface area contributed by atoms with Crippen LogP contribution >= 0.6 is 23.2 Å². The second-order valence-corrected chi connectivity index (χ2v) is 8.27. The fraction of sp³-hybridized carbons (Fsp3) is 0.409. The van der Waals surface area contributed by atoms with Gasteiger partial charge in [-0.2, -0.15) is 13.2 Å². The molecular weight excluding hydrogens is 454 g/mol. The van der Waals surface area contributed by atoms with Crippen LogP contribution in [0.3, 0.4) is 0 Å². The van der Waals surface area contributed by atoms with Gasteiger partial charge in [0.2, 0.25) is 0 Å². The van der Waals surface area contributed by atoms with Gasteiger partial charge in [0, 0.05) is 22.2 Å². The normalized spacial score (nSPS) is 18.6. The van der Waals surface area contributed by atoms with E-state index in [9.17, 15) is 23.1 Å². The summed E-state index contributed by atoms with van der Waals surface area (Å²) in [5, 5.41) is 10.1. The van der Waals surface area contributed by atoms with E-state index in [2.05, 4.69) is 0 Å². The summed E-state index contributed by atoms with van der Waals surface area (Å²) in [6.45, 7) is 2.81. The third-order valence-electron chi connectivity index (χ3n) is 5.35. The Hall–Kier alpha value is -1.96. The molecule has 1 saturated heterocycles. The molecule has 0 radical (unpaired) electrons. The van der Waals surface area contributed by atoms with Crippen LogP contribution in [0.4, 0.5) is 13.2 Å². The zero-order chi connectivity index (χ0) is 22.8. The smallest absolute Gasteiger partial charge is 0.416 e. The first-order valence-electron chi connectivity index (χ1n) is 9.87. The van der Waals surface area contributed by atoms with Gasteiger partial charge in [-0.3, -0.25) is 9.69 Å². The number of hydrogen-bond donors (Lipinski definition) is 1. The summed E-state index contributed by atoms with van der Waals surface area (Å²) < 4.78 is 46.1. The van der Waals surface area contributed by atoms with Crippen LogP contribution in [0.1, 0.15) is 42.5 Å². The van der Waals surface area contributed by atoms with Gasteiger partial charge < -0.3 is 9.84 Å². The molecule has 2 atom stereocenters. The lowest BCUT2D eigenvalue weighted by Crippen LogP contribution is -2.41. The summed E-state index contributed by atoms with van der Waals surface area (Å²) in [4.78, 5) is 13.5. The third-order valence-corrected chi connectivity index (χ3v) is 5.93. The number of aliphatic carboxylic acids is 1. The summed E-state index contributed by atoms with van der Waals surface area (Å²) >= 11 is 12.6. The lowest BCUT2D eigenvalue weighted by atomic mass is 9.90. The first-order chi connectivity index (χ1) is 14.6. The number of likely N-dealkylation sites (tertiary alicyclic amines) is 1. The van der Waals surface area contributed by atoms with E-state index in [1.54, 1.807) is 25.1 Å². The van der Waals surface area contributed by atoms with Crippen molar-refractivity contribution in [1.29, 1.82) is 0 Å². The molecule has 9 heteroatoms. The Balaban J connectivity index is 2.19. The highest BCUT2D eigenvalue weighted by Crippen LogP contribution is 2.43. The fourth-order valence-electron chi connectivity index (χ4n) is 3.95. The van der Waals surface area contributed by atoms with Crippen molar-refractivity contribution in [2.24, 2.45) is 5.92 Å². The van der Waals surface area contributed by atoms with Crippen LogP contribution in [-0.2, 0) is 11.0 Å². The van der Waals surface area contributed by atoms with Gasteiger partial charge >= 0.3 is 12.1 Å². The molecule has 2 unspecified atom stereocenters. The number of benzene rings is 2. The topological polar surface area (TPSA) is 49.8 Å². The number of rotatable bonds is 6. The van der Waals surface area contributed by atoms with Gasteiger partial charge in [-0.1, -0.05) is 23.2 Å². The van der Waals surface area contributed by atoms with Crippen LogP contribution in [-0.4, -0.2) is 35.7 Å². The predicted octanol–water partition coefficient (Wildman–Crippen LogP) is 6.30. The molecule has 0 aliphatic carbocycles. The largest absolute Gasteiger partial charge is 0.494 e. The van der Waals surface area contributed by atoms with Crippen molar-refractivity contribution in [2.45, 2.75) is 32.0 Å². The number of hydrogen-bond acceptors (Lipinski definition) is 3. The van der Waals surface area contributed by atoms with Crippen molar-refractivity contribution < 1.29 is 27.8 Å². The number of carboxylic acids is 1. The van der Waals surface area contributed by atoms with Gasteiger partial charge in [-0.05, 0) is 68.3 Å². The molecule has 31 heavy (non-hydrogen) atoms. The summed E-state index contributed by atoms with van der Waals surface area (Å²) in [5.41, 5.74) is -0.0592. The molecule has 1 aliphatic heterocycles. The Morgan fingerprint density at radius 2 is 1.97 bits per heavy atom. The highest BCUT2D eigenvalue weighted by atomic mass is 35.5. The van der Waals surface area contributed by atoms with Crippen molar-refractivity contribution in [1.82, 2.24) is 4.90 Å². The van der Waals surface area contributed by atoms with Crippen LogP contribution in [0.2, 0.25) is 10.0 Å². The van der Waals surface area contributed by atoms with Crippen LogP contribution in [0, 0.1) is 5.92 Å². The molecule has 0 bridgehead atoms. The Labute approximate surface area is 188 Å². The maximum atomic E-state index is 13.5. The molecule has 4 nitrogen and oxygen atoms in total. The maximum absolute atomic E-state index is 13.5. The van der Waals surface area contributed by atoms with E-state index >= 15 is 0 Å². The molecule has 1 fully saturated rings. The zero-order valence-corrected chi connectivity index (χ0v) is 18.3. The highest BCUT2D eigenvalue weighted by molar-refractivity contribution is 6.31. The molecule has 168 valence electrons. The number of alkyl halides is 3. The minimum Gasteiger partial charge on any atom is -0.494 e.